The summed E-state index contributed by atoms with van der Waals surface area (Å²) in [6.45, 7) is 0.274. The molecule has 2 rings (SSSR count). The summed E-state index contributed by atoms with van der Waals surface area (Å²) < 4.78 is 26.8. The average molecular weight is 325 g/mol. The predicted molar refractivity (Wildman–Crippen MR) is 82.6 cm³/mol. The van der Waals surface area contributed by atoms with Crippen molar-refractivity contribution in [2.24, 2.45) is 5.73 Å². The number of thiophene rings is 1. The third-order valence-electron chi connectivity index (χ3n) is 2.87. The Labute approximate surface area is 126 Å². The molecule has 0 aliphatic rings. The quantitative estimate of drug-likeness (QED) is 0.686. The van der Waals surface area contributed by atoms with E-state index in [-0.39, 0.29) is 22.7 Å². The van der Waals surface area contributed by atoms with E-state index in [1.54, 1.807) is 11.3 Å². The van der Waals surface area contributed by atoms with Crippen molar-refractivity contribution in [3.05, 3.63) is 46.2 Å². The van der Waals surface area contributed by atoms with Gasteiger partial charge in [0, 0.05) is 12.1 Å². The third-order valence-corrected chi connectivity index (χ3v) is 5.14. The summed E-state index contributed by atoms with van der Waals surface area (Å²) in [4.78, 5) is 11.0. The number of benzene rings is 1. The van der Waals surface area contributed by atoms with Crippen molar-refractivity contribution in [1.82, 2.24) is 4.72 Å². The Hall–Kier alpha value is -1.90. The second-order valence-electron chi connectivity index (χ2n) is 4.40. The summed E-state index contributed by atoms with van der Waals surface area (Å²) >= 11 is 1.56. The number of rotatable bonds is 6. The van der Waals surface area contributed by atoms with Crippen molar-refractivity contribution in [2.45, 2.75) is 11.3 Å². The van der Waals surface area contributed by atoms with Crippen molar-refractivity contribution < 1.29 is 13.2 Å². The molecule has 0 aliphatic carbocycles. The molecule has 6 nitrogen and oxygen atoms in total. The molecule has 0 radical (unpaired) electrons. The van der Waals surface area contributed by atoms with Crippen LogP contribution in [0.2, 0.25) is 0 Å². The molecule has 8 heteroatoms. The van der Waals surface area contributed by atoms with Crippen LogP contribution >= 0.6 is 11.3 Å². The standard InChI is InChI=1S/C13H15N3O3S2/c14-11-7-10(13(15)17)1-2-12(11)21(18,19)16-5-3-9-4-6-20-8-9/h1-2,4,6-8,16H,3,5,14H2,(H2,15,17). The van der Waals surface area contributed by atoms with E-state index >= 15 is 0 Å². The van der Waals surface area contributed by atoms with Crippen LogP contribution < -0.4 is 16.2 Å². The summed E-state index contributed by atoms with van der Waals surface area (Å²) in [7, 11) is -3.71. The largest absolute Gasteiger partial charge is 0.398 e. The van der Waals surface area contributed by atoms with Gasteiger partial charge < -0.3 is 11.5 Å². The van der Waals surface area contributed by atoms with Crippen LogP contribution in [0.3, 0.4) is 0 Å². The molecule has 0 unspecified atom stereocenters. The number of nitrogens with two attached hydrogens (primary N) is 2. The number of carbonyl (C=O) groups is 1. The van der Waals surface area contributed by atoms with Gasteiger partial charge in [0.05, 0.1) is 5.69 Å². The first kappa shape index (κ1) is 15.5. The second kappa shape index (κ2) is 6.25. The lowest BCUT2D eigenvalue weighted by Crippen LogP contribution is -2.27. The average Bonchev–Trinajstić information content (AvgIpc) is 2.91. The van der Waals surface area contributed by atoms with Gasteiger partial charge >= 0.3 is 0 Å². The van der Waals surface area contributed by atoms with Crippen LogP contribution in [-0.2, 0) is 16.4 Å². The normalized spacial score (nSPS) is 11.4. The number of hydrogen-bond donors (Lipinski definition) is 3. The van der Waals surface area contributed by atoms with E-state index in [2.05, 4.69) is 4.72 Å². The molecule has 5 N–H and O–H groups in total. The highest BCUT2D eigenvalue weighted by atomic mass is 32.2. The Morgan fingerprint density at radius 1 is 1.29 bits per heavy atom. The first-order valence-corrected chi connectivity index (χ1v) is 8.53. The Balaban J connectivity index is 2.10. The zero-order valence-corrected chi connectivity index (χ0v) is 12.7. The fourth-order valence-electron chi connectivity index (χ4n) is 1.79. The topological polar surface area (TPSA) is 115 Å². The van der Waals surface area contributed by atoms with Crippen LogP contribution in [0.1, 0.15) is 15.9 Å². The highest BCUT2D eigenvalue weighted by molar-refractivity contribution is 7.89. The second-order valence-corrected chi connectivity index (χ2v) is 6.91. The maximum Gasteiger partial charge on any atom is 0.248 e. The highest BCUT2D eigenvalue weighted by Gasteiger charge is 2.18. The predicted octanol–water partition coefficient (Wildman–Crippen LogP) is 0.950. The number of primary amides is 1. The van der Waals surface area contributed by atoms with E-state index in [1.165, 1.54) is 18.2 Å². The van der Waals surface area contributed by atoms with Gasteiger partial charge in [-0.2, -0.15) is 11.3 Å². The molecule has 21 heavy (non-hydrogen) atoms. The van der Waals surface area contributed by atoms with Gasteiger partial charge in [0.15, 0.2) is 0 Å². The van der Waals surface area contributed by atoms with Crippen molar-refractivity contribution in [1.29, 1.82) is 0 Å². The monoisotopic (exact) mass is 325 g/mol. The zero-order chi connectivity index (χ0) is 15.5. The van der Waals surface area contributed by atoms with Gasteiger partial charge in [-0.25, -0.2) is 13.1 Å². The van der Waals surface area contributed by atoms with Crippen molar-refractivity contribution in [3.8, 4) is 0 Å². The molecule has 1 aromatic carbocycles. The van der Waals surface area contributed by atoms with Crippen LogP contribution in [0, 0.1) is 0 Å². The van der Waals surface area contributed by atoms with Gasteiger partial charge in [-0.15, -0.1) is 0 Å². The summed E-state index contributed by atoms with van der Waals surface area (Å²) in [5, 5.41) is 3.90. The first-order chi connectivity index (χ1) is 9.90. The molecule has 0 aliphatic heterocycles. The van der Waals surface area contributed by atoms with Gasteiger partial charge in [0.25, 0.3) is 0 Å². The molecule has 0 bridgehead atoms. The van der Waals surface area contributed by atoms with Crippen molar-refractivity contribution in [2.75, 3.05) is 12.3 Å². The third kappa shape index (κ3) is 3.81. The molecule has 2 aromatic rings. The first-order valence-electron chi connectivity index (χ1n) is 6.10. The van der Waals surface area contributed by atoms with Crippen LogP contribution in [0.4, 0.5) is 5.69 Å². The number of sulfonamides is 1. The fourth-order valence-corrected chi connectivity index (χ4v) is 3.63. The maximum absolute atomic E-state index is 12.2. The van der Waals surface area contributed by atoms with Gasteiger partial charge in [-0.3, -0.25) is 4.79 Å². The Morgan fingerprint density at radius 3 is 2.62 bits per heavy atom. The highest BCUT2D eigenvalue weighted by Crippen LogP contribution is 2.19. The number of nitrogens with one attached hydrogen (secondary N) is 1. The molecule has 0 atom stereocenters. The molecular formula is C13H15N3O3S2. The minimum atomic E-state index is -3.71. The number of hydrogen-bond acceptors (Lipinski definition) is 5. The van der Waals surface area contributed by atoms with Gasteiger partial charge in [0.2, 0.25) is 15.9 Å². The lowest BCUT2D eigenvalue weighted by atomic mass is 10.2. The van der Waals surface area contributed by atoms with E-state index in [9.17, 15) is 13.2 Å². The number of nitrogen functional groups attached to an aromatic ring is 1. The van der Waals surface area contributed by atoms with Crippen LogP contribution in [0.25, 0.3) is 0 Å². The van der Waals surface area contributed by atoms with E-state index in [0.29, 0.717) is 6.42 Å². The Kier molecular flexibility index (Phi) is 4.61. The molecule has 112 valence electrons. The zero-order valence-electron chi connectivity index (χ0n) is 11.1. The molecule has 0 saturated carbocycles. The van der Waals surface area contributed by atoms with Crippen molar-refractivity contribution >= 4 is 33.0 Å². The number of anilines is 1. The molecule has 1 amide bonds. The van der Waals surface area contributed by atoms with E-state index in [1.807, 2.05) is 16.8 Å². The molecular weight excluding hydrogens is 310 g/mol. The van der Waals surface area contributed by atoms with E-state index < -0.39 is 15.9 Å². The van der Waals surface area contributed by atoms with E-state index in [4.69, 9.17) is 11.5 Å². The molecule has 1 heterocycles. The van der Waals surface area contributed by atoms with Gasteiger partial charge in [0.1, 0.15) is 4.90 Å². The fraction of sp³-hybridized carbons (Fsp3) is 0.154. The van der Waals surface area contributed by atoms with Gasteiger partial charge in [-0.1, -0.05) is 0 Å². The van der Waals surface area contributed by atoms with Crippen LogP contribution in [0.15, 0.2) is 39.9 Å². The Morgan fingerprint density at radius 2 is 2.05 bits per heavy atom. The molecule has 0 spiro atoms. The summed E-state index contributed by atoms with van der Waals surface area (Å²) in [6.07, 6.45) is 0.599. The lowest BCUT2D eigenvalue weighted by molar-refractivity contribution is 0.1000. The lowest BCUT2D eigenvalue weighted by Gasteiger charge is -2.09. The summed E-state index contributed by atoms with van der Waals surface area (Å²) in [5.74, 6) is -0.656. The Bertz CT molecular complexity index is 740. The van der Waals surface area contributed by atoms with Crippen LogP contribution in [-0.4, -0.2) is 20.9 Å². The molecule has 0 fully saturated rings. The van der Waals surface area contributed by atoms with Gasteiger partial charge in [-0.05, 0) is 47.0 Å². The SMILES string of the molecule is NC(=O)c1ccc(S(=O)(=O)NCCc2ccsc2)c(N)c1. The van der Waals surface area contributed by atoms with Crippen molar-refractivity contribution in [3.63, 3.8) is 0 Å². The summed E-state index contributed by atoms with van der Waals surface area (Å²) in [5.41, 5.74) is 12.0. The number of carbonyl (C=O) groups excluding carboxylic acids is 1. The number of amides is 1. The summed E-state index contributed by atoms with van der Waals surface area (Å²) in [6, 6.07) is 5.82. The minimum Gasteiger partial charge on any atom is -0.398 e. The molecule has 0 saturated heterocycles. The molecule has 1 aromatic heterocycles. The van der Waals surface area contributed by atoms with Crippen LogP contribution in [0.5, 0.6) is 0 Å². The minimum absolute atomic E-state index is 0.00525. The van der Waals surface area contributed by atoms with E-state index in [0.717, 1.165) is 5.56 Å². The smallest absolute Gasteiger partial charge is 0.248 e. The maximum atomic E-state index is 12.2.